The van der Waals surface area contributed by atoms with Crippen molar-refractivity contribution in [1.29, 1.82) is 0 Å². The Morgan fingerprint density at radius 3 is 3.00 bits per heavy atom. The van der Waals surface area contributed by atoms with Crippen molar-refractivity contribution in [3.8, 4) is 0 Å². The van der Waals surface area contributed by atoms with Gasteiger partial charge in [-0.2, -0.15) is 0 Å². The van der Waals surface area contributed by atoms with E-state index in [1.165, 1.54) is 0 Å². The second-order valence-electron chi connectivity index (χ2n) is 4.93. The SMILES string of the molecule is CC(CCc1ccco1)n1c(=S)[nH]c2cc(Cl)ccc21. The zero-order valence-corrected chi connectivity index (χ0v) is 12.7. The maximum Gasteiger partial charge on any atom is 0.178 e. The zero-order valence-electron chi connectivity index (χ0n) is 11.1. The van der Waals surface area contributed by atoms with E-state index < -0.39 is 0 Å². The number of aromatic amines is 1. The third-order valence-electron chi connectivity index (χ3n) is 3.51. The van der Waals surface area contributed by atoms with Crippen LogP contribution in [0, 0.1) is 4.77 Å². The van der Waals surface area contributed by atoms with Crippen molar-refractivity contribution in [2.75, 3.05) is 0 Å². The number of nitrogens with zero attached hydrogens (tertiary/aromatic N) is 1. The number of aromatic nitrogens is 2. The van der Waals surface area contributed by atoms with Gasteiger partial charge < -0.3 is 14.0 Å². The maximum atomic E-state index is 6.01. The smallest absolute Gasteiger partial charge is 0.178 e. The molecule has 1 atom stereocenters. The molecule has 0 aliphatic carbocycles. The highest BCUT2D eigenvalue weighted by Crippen LogP contribution is 2.24. The predicted octanol–water partition coefficient (Wildman–Crippen LogP) is 5.14. The van der Waals surface area contributed by atoms with Gasteiger partial charge in [0, 0.05) is 17.5 Å². The summed E-state index contributed by atoms with van der Waals surface area (Å²) in [4.78, 5) is 3.21. The number of benzene rings is 1. The molecule has 2 heterocycles. The summed E-state index contributed by atoms with van der Waals surface area (Å²) in [5, 5.41) is 0.712. The molecule has 0 bridgehead atoms. The monoisotopic (exact) mass is 306 g/mol. The van der Waals surface area contributed by atoms with E-state index in [1.54, 1.807) is 6.26 Å². The van der Waals surface area contributed by atoms with Crippen LogP contribution in [-0.4, -0.2) is 9.55 Å². The van der Waals surface area contributed by atoms with Crippen LogP contribution >= 0.6 is 23.8 Å². The van der Waals surface area contributed by atoms with Gasteiger partial charge in [0.15, 0.2) is 4.77 Å². The fourth-order valence-electron chi connectivity index (χ4n) is 2.48. The Hall–Kier alpha value is -1.52. The molecule has 0 radical (unpaired) electrons. The van der Waals surface area contributed by atoms with Gasteiger partial charge in [-0.25, -0.2) is 0 Å². The summed E-state index contributed by atoms with van der Waals surface area (Å²) in [5.74, 6) is 1.01. The van der Waals surface area contributed by atoms with Crippen LogP contribution in [-0.2, 0) is 6.42 Å². The molecule has 3 nitrogen and oxygen atoms in total. The van der Waals surface area contributed by atoms with Gasteiger partial charge in [0.05, 0.1) is 17.3 Å². The van der Waals surface area contributed by atoms with Crippen LogP contribution in [0.3, 0.4) is 0 Å². The van der Waals surface area contributed by atoms with Crippen LogP contribution in [0.25, 0.3) is 11.0 Å². The summed E-state index contributed by atoms with van der Waals surface area (Å²) in [7, 11) is 0. The average molecular weight is 307 g/mol. The van der Waals surface area contributed by atoms with Gasteiger partial charge in [-0.1, -0.05) is 11.6 Å². The molecule has 2 aromatic heterocycles. The number of imidazole rings is 1. The van der Waals surface area contributed by atoms with Crippen LogP contribution in [0.1, 0.15) is 25.1 Å². The van der Waals surface area contributed by atoms with Crippen LogP contribution in [0.2, 0.25) is 5.02 Å². The largest absolute Gasteiger partial charge is 0.469 e. The van der Waals surface area contributed by atoms with Crippen molar-refractivity contribution in [3.63, 3.8) is 0 Å². The molecule has 1 N–H and O–H groups in total. The molecular weight excluding hydrogens is 292 g/mol. The molecule has 1 aromatic carbocycles. The molecule has 3 aromatic rings. The standard InChI is InChI=1S/C15H15ClN2OS/c1-10(4-6-12-3-2-8-19-12)18-14-7-5-11(16)9-13(14)17-15(18)20/h2-3,5,7-10H,4,6H2,1H3,(H,17,20). The third kappa shape index (κ3) is 2.53. The maximum absolute atomic E-state index is 6.01. The van der Waals surface area contributed by atoms with Crippen molar-refractivity contribution in [2.24, 2.45) is 0 Å². The number of H-pyrrole nitrogens is 1. The van der Waals surface area contributed by atoms with Gasteiger partial charge in [-0.05, 0) is 55.9 Å². The molecule has 0 amide bonds. The number of furan rings is 1. The third-order valence-corrected chi connectivity index (χ3v) is 4.04. The molecule has 0 saturated carbocycles. The Labute approximate surface area is 127 Å². The number of hydrogen-bond donors (Lipinski definition) is 1. The van der Waals surface area contributed by atoms with Gasteiger partial charge in [0.2, 0.25) is 0 Å². The molecule has 3 rings (SSSR count). The lowest BCUT2D eigenvalue weighted by Gasteiger charge is -2.13. The Morgan fingerprint density at radius 2 is 2.25 bits per heavy atom. The normalized spacial score (nSPS) is 12.9. The molecule has 20 heavy (non-hydrogen) atoms. The van der Waals surface area contributed by atoms with Crippen molar-refractivity contribution in [3.05, 3.63) is 52.1 Å². The molecular formula is C15H15ClN2OS. The first-order valence-electron chi connectivity index (χ1n) is 6.57. The Kier molecular flexibility index (Phi) is 3.68. The first-order valence-corrected chi connectivity index (χ1v) is 7.36. The number of aryl methyl sites for hydroxylation is 1. The van der Waals surface area contributed by atoms with E-state index in [9.17, 15) is 0 Å². The highest BCUT2D eigenvalue weighted by atomic mass is 35.5. The quantitative estimate of drug-likeness (QED) is 0.677. The highest BCUT2D eigenvalue weighted by molar-refractivity contribution is 7.71. The summed E-state index contributed by atoms with van der Waals surface area (Å²) in [6.45, 7) is 2.17. The first kappa shape index (κ1) is 13.5. The number of halogens is 1. The first-order chi connectivity index (χ1) is 9.65. The molecule has 0 saturated heterocycles. The molecule has 0 aliphatic heterocycles. The van der Waals surface area contributed by atoms with Crippen molar-refractivity contribution in [1.82, 2.24) is 9.55 Å². The fraction of sp³-hybridized carbons (Fsp3) is 0.267. The molecule has 104 valence electrons. The lowest BCUT2D eigenvalue weighted by atomic mass is 10.1. The molecule has 0 aliphatic rings. The van der Waals surface area contributed by atoms with Gasteiger partial charge in [-0.3, -0.25) is 0 Å². The fourth-order valence-corrected chi connectivity index (χ4v) is 3.04. The second kappa shape index (κ2) is 5.46. The minimum absolute atomic E-state index is 0.294. The van der Waals surface area contributed by atoms with E-state index in [4.69, 9.17) is 28.2 Å². The van der Waals surface area contributed by atoms with Crippen LogP contribution in [0.15, 0.2) is 41.0 Å². The Bertz CT molecular complexity index is 773. The Balaban J connectivity index is 1.89. The van der Waals surface area contributed by atoms with Gasteiger partial charge >= 0.3 is 0 Å². The number of nitrogens with one attached hydrogen (secondary N) is 1. The second-order valence-corrected chi connectivity index (χ2v) is 5.75. The lowest BCUT2D eigenvalue weighted by molar-refractivity contribution is 0.455. The molecule has 1 unspecified atom stereocenters. The molecule has 0 fully saturated rings. The summed E-state index contributed by atoms with van der Waals surface area (Å²) >= 11 is 11.4. The minimum Gasteiger partial charge on any atom is -0.469 e. The number of rotatable bonds is 4. The number of fused-ring (bicyclic) bond motifs is 1. The summed E-state index contributed by atoms with van der Waals surface area (Å²) < 4.78 is 8.25. The Morgan fingerprint density at radius 1 is 1.40 bits per heavy atom. The topological polar surface area (TPSA) is 33.9 Å². The highest BCUT2D eigenvalue weighted by Gasteiger charge is 2.12. The minimum atomic E-state index is 0.294. The van der Waals surface area contributed by atoms with Gasteiger partial charge in [0.25, 0.3) is 0 Å². The van der Waals surface area contributed by atoms with Crippen LogP contribution in [0.5, 0.6) is 0 Å². The molecule has 5 heteroatoms. The molecule has 0 spiro atoms. The summed E-state index contributed by atoms with van der Waals surface area (Å²) in [6.07, 6.45) is 3.58. The summed E-state index contributed by atoms with van der Waals surface area (Å²) in [5.41, 5.74) is 2.07. The van der Waals surface area contributed by atoms with Gasteiger partial charge in [-0.15, -0.1) is 0 Å². The lowest BCUT2D eigenvalue weighted by Crippen LogP contribution is -2.06. The van der Waals surface area contributed by atoms with Gasteiger partial charge in [0.1, 0.15) is 5.76 Å². The van der Waals surface area contributed by atoms with E-state index in [0.29, 0.717) is 11.1 Å². The predicted molar refractivity (Wildman–Crippen MR) is 83.9 cm³/mol. The van der Waals surface area contributed by atoms with E-state index >= 15 is 0 Å². The van der Waals surface area contributed by atoms with Crippen molar-refractivity contribution >= 4 is 34.9 Å². The van der Waals surface area contributed by atoms with Crippen molar-refractivity contribution in [2.45, 2.75) is 25.8 Å². The van der Waals surface area contributed by atoms with Crippen LogP contribution < -0.4 is 0 Å². The van der Waals surface area contributed by atoms with E-state index in [2.05, 4.69) is 16.5 Å². The zero-order chi connectivity index (χ0) is 14.1. The van der Waals surface area contributed by atoms with E-state index in [-0.39, 0.29) is 0 Å². The van der Waals surface area contributed by atoms with Crippen molar-refractivity contribution < 1.29 is 4.42 Å². The van der Waals surface area contributed by atoms with Crippen LogP contribution in [0.4, 0.5) is 0 Å². The van der Waals surface area contributed by atoms with E-state index in [0.717, 1.165) is 34.4 Å². The number of hydrogen-bond acceptors (Lipinski definition) is 2. The summed E-state index contributed by atoms with van der Waals surface area (Å²) in [6, 6.07) is 10.0. The van der Waals surface area contributed by atoms with E-state index in [1.807, 2.05) is 30.3 Å². The average Bonchev–Trinajstić information content (AvgIpc) is 3.02.